The maximum absolute atomic E-state index is 13.3. The largest absolute Gasteiger partial charge is 0.289 e. The summed E-state index contributed by atoms with van der Waals surface area (Å²) in [6, 6.07) is 9.71. The lowest BCUT2D eigenvalue weighted by atomic mass is 9.99. The predicted octanol–water partition coefficient (Wildman–Crippen LogP) is 4.44. The lowest BCUT2D eigenvalue weighted by Gasteiger charge is -2.05. The summed E-state index contributed by atoms with van der Waals surface area (Å²) in [5.41, 5.74) is 3.11. The van der Waals surface area contributed by atoms with Crippen LogP contribution in [0.15, 0.2) is 40.9 Å². The minimum Gasteiger partial charge on any atom is -0.289 e. The van der Waals surface area contributed by atoms with E-state index in [1.807, 2.05) is 26.0 Å². The fourth-order valence-corrected chi connectivity index (χ4v) is 2.20. The van der Waals surface area contributed by atoms with Gasteiger partial charge in [0.1, 0.15) is 5.82 Å². The van der Waals surface area contributed by atoms with Gasteiger partial charge in [-0.3, -0.25) is 4.79 Å². The normalized spacial score (nSPS) is 10.4. The molecule has 0 saturated heterocycles. The Kier molecular flexibility index (Phi) is 3.62. The SMILES string of the molecule is Cc1ccc(C(=O)c2cc(F)cc(Br)c2)cc1C. The molecule has 0 saturated carbocycles. The van der Waals surface area contributed by atoms with Crippen LogP contribution in [0.4, 0.5) is 4.39 Å². The molecular weight excluding hydrogens is 295 g/mol. The van der Waals surface area contributed by atoms with Crippen LogP contribution in [0.1, 0.15) is 27.0 Å². The Balaban J connectivity index is 2.44. The second-order valence-corrected chi connectivity index (χ2v) is 5.20. The highest BCUT2D eigenvalue weighted by molar-refractivity contribution is 9.10. The molecule has 2 aromatic carbocycles. The van der Waals surface area contributed by atoms with Gasteiger partial charge in [0.15, 0.2) is 5.78 Å². The van der Waals surface area contributed by atoms with Crippen molar-refractivity contribution in [2.75, 3.05) is 0 Å². The lowest BCUT2D eigenvalue weighted by molar-refractivity contribution is 0.103. The van der Waals surface area contributed by atoms with Crippen molar-refractivity contribution in [1.29, 1.82) is 0 Å². The average molecular weight is 307 g/mol. The van der Waals surface area contributed by atoms with Crippen molar-refractivity contribution in [3.05, 3.63) is 68.9 Å². The molecule has 0 radical (unpaired) electrons. The third kappa shape index (κ3) is 2.67. The zero-order valence-electron chi connectivity index (χ0n) is 10.1. The summed E-state index contributed by atoms with van der Waals surface area (Å²) in [7, 11) is 0. The average Bonchev–Trinajstić information content (AvgIpc) is 2.30. The Morgan fingerprint density at radius 1 is 1.00 bits per heavy atom. The first kappa shape index (κ1) is 13.0. The summed E-state index contributed by atoms with van der Waals surface area (Å²) in [5.74, 6) is -0.588. The fourth-order valence-electron chi connectivity index (χ4n) is 1.73. The zero-order valence-corrected chi connectivity index (χ0v) is 11.7. The molecular formula is C15H12BrFO. The first-order valence-corrected chi connectivity index (χ1v) is 6.35. The highest BCUT2D eigenvalue weighted by Crippen LogP contribution is 2.19. The molecule has 0 aliphatic rings. The maximum Gasteiger partial charge on any atom is 0.193 e. The lowest BCUT2D eigenvalue weighted by Crippen LogP contribution is -2.02. The zero-order chi connectivity index (χ0) is 13.3. The molecule has 3 heteroatoms. The van der Waals surface area contributed by atoms with Gasteiger partial charge in [0, 0.05) is 15.6 Å². The highest BCUT2D eigenvalue weighted by atomic mass is 79.9. The van der Waals surface area contributed by atoms with Crippen LogP contribution >= 0.6 is 15.9 Å². The molecule has 0 bridgehead atoms. The maximum atomic E-state index is 13.3. The Bertz CT molecular complexity index is 600. The molecule has 0 unspecified atom stereocenters. The minimum atomic E-state index is -0.420. The second kappa shape index (κ2) is 5.02. The van der Waals surface area contributed by atoms with Crippen molar-refractivity contribution >= 4 is 21.7 Å². The Labute approximate surface area is 114 Å². The van der Waals surface area contributed by atoms with E-state index >= 15 is 0 Å². The first-order valence-electron chi connectivity index (χ1n) is 5.55. The van der Waals surface area contributed by atoms with Crippen LogP contribution in [0.2, 0.25) is 0 Å². The quantitative estimate of drug-likeness (QED) is 0.750. The van der Waals surface area contributed by atoms with E-state index in [0.29, 0.717) is 15.6 Å². The van der Waals surface area contributed by atoms with Crippen molar-refractivity contribution in [1.82, 2.24) is 0 Å². The van der Waals surface area contributed by atoms with E-state index in [9.17, 15) is 9.18 Å². The molecule has 0 N–H and O–H groups in total. The number of hydrogen-bond acceptors (Lipinski definition) is 1. The van der Waals surface area contributed by atoms with Gasteiger partial charge in [-0.15, -0.1) is 0 Å². The number of rotatable bonds is 2. The number of carbonyl (C=O) groups excluding carboxylic acids is 1. The van der Waals surface area contributed by atoms with Crippen LogP contribution in [0.5, 0.6) is 0 Å². The van der Waals surface area contributed by atoms with E-state index in [4.69, 9.17) is 0 Å². The van der Waals surface area contributed by atoms with Gasteiger partial charge in [-0.1, -0.05) is 28.1 Å². The molecule has 18 heavy (non-hydrogen) atoms. The summed E-state index contributed by atoms with van der Waals surface area (Å²) in [6.07, 6.45) is 0. The van der Waals surface area contributed by atoms with Gasteiger partial charge in [0.25, 0.3) is 0 Å². The van der Waals surface area contributed by atoms with Crippen molar-refractivity contribution in [2.45, 2.75) is 13.8 Å². The van der Waals surface area contributed by atoms with Crippen LogP contribution < -0.4 is 0 Å². The van der Waals surface area contributed by atoms with Gasteiger partial charge in [0.2, 0.25) is 0 Å². The van der Waals surface area contributed by atoms with Crippen molar-refractivity contribution in [3.8, 4) is 0 Å². The number of carbonyl (C=O) groups is 1. The molecule has 2 rings (SSSR count). The van der Waals surface area contributed by atoms with Gasteiger partial charge >= 0.3 is 0 Å². The molecule has 0 aromatic heterocycles. The summed E-state index contributed by atoms with van der Waals surface area (Å²) >= 11 is 3.19. The third-order valence-corrected chi connectivity index (χ3v) is 3.35. The van der Waals surface area contributed by atoms with E-state index in [1.165, 1.54) is 12.1 Å². The molecule has 0 fully saturated rings. The van der Waals surface area contributed by atoms with Crippen LogP contribution in [0, 0.1) is 19.7 Å². The number of benzene rings is 2. The molecule has 0 atom stereocenters. The van der Waals surface area contributed by atoms with Crippen LogP contribution in [-0.2, 0) is 0 Å². The molecule has 92 valence electrons. The van der Waals surface area contributed by atoms with Crippen LogP contribution in [0.25, 0.3) is 0 Å². The second-order valence-electron chi connectivity index (χ2n) is 4.29. The van der Waals surface area contributed by atoms with E-state index in [0.717, 1.165) is 11.1 Å². The summed E-state index contributed by atoms with van der Waals surface area (Å²) in [6.45, 7) is 3.94. The van der Waals surface area contributed by atoms with Gasteiger partial charge < -0.3 is 0 Å². The fraction of sp³-hybridized carbons (Fsp3) is 0.133. The standard InChI is InChI=1S/C15H12BrFO/c1-9-3-4-11(5-10(9)2)15(18)12-6-13(16)8-14(17)7-12/h3-8H,1-2H3. The molecule has 0 aliphatic heterocycles. The van der Waals surface area contributed by atoms with E-state index in [1.54, 1.807) is 12.1 Å². The van der Waals surface area contributed by atoms with E-state index in [-0.39, 0.29) is 5.78 Å². The first-order chi connectivity index (χ1) is 8.47. The molecule has 0 aliphatic carbocycles. The smallest absolute Gasteiger partial charge is 0.193 e. The highest BCUT2D eigenvalue weighted by Gasteiger charge is 2.11. The van der Waals surface area contributed by atoms with Gasteiger partial charge in [-0.25, -0.2) is 4.39 Å². The number of hydrogen-bond donors (Lipinski definition) is 0. The predicted molar refractivity (Wildman–Crippen MR) is 73.4 cm³/mol. The topological polar surface area (TPSA) is 17.1 Å². The van der Waals surface area contributed by atoms with E-state index in [2.05, 4.69) is 15.9 Å². The minimum absolute atomic E-state index is 0.168. The number of aryl methyl sites for hydroxylation is 2. The summed E-state index contributed by atoms with van der Waals surface area (Å²) in [5, 5.41) is 0. The molecule has 0 heterocycles. The van der Waals surface area contributed by atoms with Crippen molar-refractivity contribution in [3.63, 3.8) is 0 Å². The molecule has 2 aromatic rings. The number of halogens is 2. The Hall–Kier alpha value is -1.48. The monoisotopic (exact) mass is 306 g/mol. The Morgan fingerprint density at radius 2 is 1.72 bits per heavy atom. The third-order valence-electron chi connectivity index (χ3n) is 2.89. The van der Waals surface area contributed by atoms with Gasteiger partial charge in [-0.05, 0) is 49.2 Å². The van der Waals surface area contributed by atoms with Crippen LogP contribution in [-0.4, -0.2) is 5.78 Å². The van der Waals surface area contributed by atoms with Crippen LogP contribution in [0.3, 0.4) is 0 Å². The summed E-state index contributed by atoms with van der Waals surface area (Å²) < 4.78 is 13.8. The van der Waals surface area contributed by atoms with Gasteiger partial charge in [0.05, 0.1) is 0 Å². The van der Waals surface area contributed by atoms with E-state index < -0.39 is 5.82 Å². The summed E-state index contributed by atoms with van der Waals surface area (Å²) in [4.78, 5) is 12.2. The molecule has 0 spiro atoms. The Morgan fingerprint density at radius 3 is 2.33 bits per heavy atom. The van der Waals surface area contributed by atoms with Crippen molar-refractivity contribution < 1.29 is 9.18 Å². The van der Waals surface area contributed by atoms with Gasteiger partial charge in [-0.2, -0.15) is 0 Å². The molecule has 1 nitrogen and oxygen atoms in total. The van der Waals surface area contributed by atoms with Crippen molar-refractivity contribution in [2.24, 2.45) is 0 Å². The number of ketones is 1. The molecule has 0 amide bonds.